The van der Waals surface area contributed by atoms with Crippen LogP contribution in [0.4, 0.5) is 5.69 Å². The Morgan fingerprint density at radius 1 is 1.37 bits per heavy atom. The highest BCUT2D eigenvalue weighted by molar-refractivity contribution is 6.33. The zero-order chi connectivity index (χ0) is 13.2. The van der Waals surface area contributed by atoms with Gasteiger partial charge in [0.15, 0.2) is 0 Å². The standard InChI is InChI=1S/C12H15ClN6/c13-11-4-3-10(19-7-15-17-18-19)6-12(11)16-9-2-1-8(14)5-9/h3-4,6-9,16H,1-2,5,14H2. The number of nitrogens with two attached hydrogens (primary N) is 1. The summed E-state index contributed by atoms with van der Waals surface area (Å²) in [6.45, 7) is 0. The molecule has 0 aliphatic heterocycles. The highest BCUT2D eigenvalue weighted by atomic mass is 35.5. The molecular formula is C12H15ClN6. The lowest BCUT2D eigenvalue weighted by molar-refractivity contribution is 0.688. The van der Waals surface area contributed by atoms with E-state index in [1.807, 2.05) is 18.2 Å². The maximum Gasteiger partial charge on any atom is 0.143 e. The molecule has 1 aromatic carbocycles. The first kappa shape index (κ1) is 12.4. The molecule has 0 radical (unpaired) electrons. The van der Waals surface area contributed by atoms with E-state index < -0.39 is 0 Å². The molecule has 6 nitrogen and oxygen atoms in total. The number of hydrogen-bond donors (Lipinski definition) is 2. The number of anilines is 1. The van der Waals surface area contributed by atoms with E-state index >= 15 is 0 Å². The first-order chi connectivity index (χ1) is 9.22. The zero-order valence-corrected chi connectivity index (χ0v) is 11.1. The van der Waals surface area contributed by atoms with Crippen LogP contribution in [-0.2, 0) is 0 Å². The molecule has 19 heavy (non-hydrogen) atoms. The van der Waals surface area contributed by atoms with Crippen LogP contribution in [0.15, 0.2) is 24.5 Å². The largest absolute Gasteiger partial charge is 0.381 e. The lowest BCUT2D eigenvalue weighted by atomic mass is 10.2. The number of aromatic nitrogens is 4. The van der Waals surface area contributed by atoms with Crippen molar-refractivity contribution in [2.24, 2.45) is 5.73 Å². The topological polar surface area (TPSA) is 81.6 Å². The summed E-state index contributed by atoms with van der Waals surface area (Å²) < 4.78 is 1.60. The van der Waals surface area contributed by atoms with Gasteiger partial charge in [-0.3, -0.25) is 0 Å². The highest BCUT2D eigenvalue weighted by Gasteiger charge is 2.22. The molecule has 1 heterocycles. The summed E-state index contributed by atoms with van der Waals surface area (Å²) in [5.74, 6) is 0. The van der Waals surface area contributed by atoms with Crippen LogP contribution in [0.3, 0.4) is 0 Å². The Bertz CT molecular complexity index is 555. The highest BCUT2D eigenvalue weighted by Crippen LogP contribution is 2.28. The van der Waals surface area contributed by atoms with Crippen LogP contribution < -0.4 is 11.1 Å². The molecule has 0 bridgehead atoms. The molecule has 3 N–H and O–H groups in total. The van der Waals surface area contributed by atoms with Crippen molar-refractivity contribution in [1.29, 1.82) is 0 Å². The van der Waals surface area contributed by atoms with Crippen LogP contribution in [0.5, 0.6) is 0 Å². The molecule has 100 valence electrons. The number of tetrazole rings is 1. The Labute approximate surface area is 115 Å². The first-order valence-electron chi connectivity index (χ1n) is 6.27. The van der Waals surface area contributed by atoms with Crippen molar-refractivity contribution in [3.63, 3.8) is 0 Å². The fourth-order valence-corrected chi connectivity index (χ4v) is 2.59. The van der Waals surface area contributed by atoms with E-state index in [4.69, 9.17) is 17.3 Å². The predicted octanol–water partition coefficient (Wildman–Crippen LogP) is 1.61. The van der Waals surface area contributed by atoms with Crippen molar-refractivity contribution in [3.8, 4) is 5.69 Å². The summed E-state index contributed by atoms with van der Waals surface area (Å²) in [4.78, 5) is 0. The molecule has 2 aromatic rings. The van der Waals surface area contributed by atoms with Gasteiger partial charge in [-0.1, -0.05) is 11.6 Å². The van der Waals surface area contributed by atoms with E-state index in [-0.39, 0.29) is 0 Å². The van der Waals surface area contributed by atoms with Crippen molar-refractivity contribution >= 4 is 17.3 Å². The number of hydrogen-bond acceptors (Lipinski definition) is 5. The van der Waals surface area contributed by atoms with Gasteiger partial charge in [0.05, 0.1) is 16.4 Å². The molecule has 0 amide bonds. The summed E-state index contributed by atoms with van der Waals surface area (Å²) in [7, 11) is 0. The van der Waals surface area contributed by atoms with E-state index in [1.165, 1.54) is 0 Å². The zero-order valence-electron chi connectivity index (χ0n) is 10.3. The Balaban J connectivity index is 1.82. The second-order valence-electron chi connectivity index (χ2n) is 4.83. The fraction of sp³-hybridized carbons (Fsp3) is 0.417. The van der Waals surface area contributed by atoms with Gasteiger partial charge in [-0.15, -0.1) is 5.10 Å². The first-order valence-corrected chi connectivity index (χ1v) is 6.65. The minimum absolute atomic E-state index is 0.291. The van der Waals surface area contributed by atoms with Gasteiger partial charge in [0.1, 0.15) is 6.33 Å². The molecule has 3 rings (SSSR count). The van der Waals surface area contributed by atoms with E-state index in [0.717, 1.165) is 30.6 Å². The van der Waals surface area contributed by atoms with Crippen molar-refractivity contribution < 1.29 is 0 Å². The molecule has 1 aromatic heterocycles. The fourth-order valence-electron chi connectivity index (χ4n) is 2.41. The van der Waals surface area contributed by atoms with Crippen molar-refractivity contribution in [1.82, 2.24) is 20.2 Å². The molecule has 7 heteroatoms. The van der Waals surface area contributed by atoms with Crippen molar-refractivity contribution in [3.05, 3.63) is 29.5 Å². The average molecular weight is 279 g/mol. The van der Waals surface area contributed by atoms with Gasteiger partial charge in [-0.25, -0.2) is 4.68 Å². The molecular weight excluding hydrogens is 264 g/mol. The van der Waals surface area contributed by atoms with Crippen molar-refractivity contribution in [2.75, 3.05) is 5.32 Å². The number of nitrogens with one attached hydrogen (secondary N) is 1. The molecule has 2 atom stereocenters. The van der Waals surface area contributed by atoms with Crippen LogP contribution in [0.25, 0.3) is 5.69 Å². The Morgan fingerprint density at radius 2 is 2.26 bits per heavy atom. The lowest BCUT2D eigenvalue weighted by Gasteiger charge is -2.16. The third-order valence-corrected chi connectivity index (χ3v) is 3.73. The van der Waals surface area contributed by atoms with E-state index in [0.29, 0.717) is 17.1 Å². The van der Waals surface area contributed by atoms with Crippen LogP contribution in [0, 0.1) is 0 Å². The summed E-state index contributed by atoms with van der Waals surface area (Å²) in [6, 6.07) is 6.35. The average Bonchev–Trinajstić information content (AvgIpc) is 3.04. The number of benzene rings is 1. The summed E-state index contributed by atoms with van der Waals surface area (Å²) in [5.41, 5.74) is 7.69. The molecule has 1 saturated carbocycles. The quantitative estimate of drug-likeness (QED) is 0.891. The summed E-state index contributed by atoms with van der Waals surface area (Å²) in [5, 5.41) is 15.3. The number of halogens is 1. The van der Waals surface area contributed by atoms with Gasteiger partial charge in [0.2, 0.25) is 0 Å². The number of rotatable bonds is 3. The molecule has 0 saturated heterocycles. The molecule has 2 unspecified atom stereocenters. The van der Waals surface area contributed by atoms with E-state index in [9.17, 15) is 0 Å². The summed E-state index contributed by atoms with van der Waals surface area (Å²) >= 11 is 6.22. The SMILES string of the molecule is NC1CCC(Nc2cc(-n3cnnn3)ccc2Cl)C1. The maximum absolute atomic E-state index is 6.22. The Morgan fingerprint density at radius 3 is 2.95 bits per heavy atom. The minimum atomic E-state index is 0.291. The van der Waals surface area contributed by atoms with E-state index in [2.05, 4.69) is 20.8 Å². The second-order valence-corrected chi connectivity index (χ2v) is 5.24. The van der Waals surface area contributed by atoms with Crippen LogP contribution in [0.2, 0.25) is 5.02 Å². The third kappa shape index (κ3) is 2.69. The van der Waals surface area contributed by atoms with E-state index in [1.54, 1.807) is 11.0 Å². The number of nitrogens with zero attached hydrogens (tertiary/aromatic N) is 4. The van der Waals surface area contributed by atoms with Gasteiger partial charge in [0, 0.05) is 12.1 Å². The van der Waals surface area contributed by atoms with Crippen LogP contribution in [0.1, 0.15) is 19.3 Å². The van der Waals surface area contributed by atoms with Crippen LogP contribution in [-0.4, -0.2) is 32.3 Å². The van der Waals surface area contributed by atoms with Crippen LogP contribution >= 0.6 is 11.6 Å². The Hall–Kier alpha value is -1.66. The lowest BCUT2D eigenvalue weighted by Crippen LogP contribution is -2.21. The predicted molar refractivity (Wildman–Crippen MR) is 73.4 cm³/mol. The minimum Gasteiger partial charge on any atom is -0.381 e. The molecule has 0 spiro atoms. The van der Waals surface area contributed by atoms with Gasteiger partial charge >= 0.3 is 0 Å². The van der Waals surface area contributed by atoms with Gasteiger partial charge in [-0.05, 0) is 47.9 Å². The smallest absolute Gasteiger partial charge is 0.143 e. The second kappa shape index (κ2) is 5.14. The van der Waals surface area contributed by atoms with Gasteiger partial charge in [-0.2, -0.15) is 0 Å². The molecule has 1 fully saturated rings. The molecule has 1 aliphatic carbocycles. The monoisotopic (exact) mass is 278 g/mol. The van der Waals surface area contributed by atoms with Gasteiger partial charge < -0.3 is 11.1 Å². The summed E-state index contributed by atoms with van der Waals surface area (Å²) in [6.07, 6.45) is 4.67. The van der Waals surface area contributed by atoms with Gasteiger partial charge in [0.25, 0.3) is 0 Å². The Kier molecular flexibility index (Phi) is 3.35. The molecule has 1 aliphatic rings. The maximum atomic E-state index is 6.22. The third-order valence-electron chi connectivity index (χ3n) is 3.40. The normalized spacial score (nSPS) is 22.6. The van der Waals surface area contributed by atoms with Crippen molar-refractivity contribution in [2.45, 2.75) is 31.3 Å².